The maximum atomic E-state index is 5.85. The van der Waals surface area contributed by atoms with E-state index in [1.807, 2.05) is 0 Å². The number of fused-ring (bicyclic) bond motifs is 1. The molecule has 0 spiro atoms. The van der Waals surface area contributed by atoms with Gasteiger partial charge in [-0.3, -0.25) is 4.90 Å². The van der Waals surface area contributed by atoms with Crippen LogP contribution in [-0.2, 0) is 4.74 Å². The van der Waals surface area contributed by atoms with Crippen molar-refractivity contribution >= 4 is 21.7 Å². The van der Waals surface area contributed by atoms with Crippen LogP contribution in [0, 0.1) is 0 Å². The standard InChI is InChI=1S/C12H17BrN4O/c1-16-4-5-18-11-2-3-17(7-10(11)16)12-9(13)6-14-8-15-12/h6,8,10-11H,2-5,7H2,1H3/t10-,11+/m0/s1. The molecular weight excluding hydrogens is 296 g/mol. The molecule has 2 aliphatic rings. The van der Waals surface area contributed by atoms with E-state index in [1.54, 1.807) is 12.5 Å². The number of hydrogen-bond donors (Lipinski definition) is 0. The fourth-order valence-corrected chi connectivity index (χ4v) is 3.24. The molecule has 3 rings (SSSR count). The molecule has 5 nitrogen and oxygen atoms in total. The van der Waals surface area contributed by atoms with Crippen molar-refractivity contribution in [3.63, 3.8) is 0 Å². The molecule has 0 aliphatic carbocycles. The monoisotopic (exact) mass is 312 g/mol. The number of likely N-dealkylation sites (N-methyl/N-ethyl adjacent to an activating group) is 1. The number of morpholine rings is 1. The summed E-state index contributed by atoms with van der Waals surface area (Å²) in [5, 5.41) is 0. The first-order chi connectivity index (χ1) is 8.75. The third-order valence-corrected chi connectivity index (χ3v) is 4.37. The van der Waals surface area contributed by atoms with Gasteiger partial charge in [0.1, 0.15) is 12.1 Å². The highest BCUT2D eigenvalue weighted by molar-refractivity contribution is 9.10. The summed E-state index contributed by atoms with van der Waals surface area (Å²) in [6.45, 7) is 3.83. The van der Waals surface area contributed by atoms with E-state index < -0.39 is 0 Å². The number of aromatic nitrogens is 2. The van der Waals surface area contributed by atoms with Crippen molar-refractivity contribution in [1.82, 2.24) is 14.9 Å². The highest BCUT2D eigenvalue weighted by Gasteiger charge is 2.36. The zero-order valence-corrected chi connectivity index (χ0v) is 12.0. The first kappa shape index (κ1) is 12.3. The molecule has 1 aromatic rings. The van der Waals surface area contributed by atoms with E-state index in [2.05, 4.69) is 42.7 Å². The normalized spacial score (nSPS) is 29.1. The van der Waals surface area contributed by atoms with Crippen LogP contribution in [0.15, 0.2) is 17.0 Å². The predicted molar refractivity (Wildman–Crippen MR) is 72.7 cm³/mol. The Hall–Kier alpha value is -0.720. The van der Waals surface area contributed by atoms with E-state index in [9.17, 15) is 0 Å². The summed E-state index contributed by atoms with van der Waals surface area (Å²) in [6.07, 6.45) is 4.84. The molecule has 6 heteroatoms. The summed E-state index contributed by atoms with van der Waals surface area (Å²) in [4.78, 5) is 13.1. The van der Waals surface area contributed by atoms with E-state index in [0.29, 0.717) is 12.1 Å². The smallest absolute Gasteiger partial charge is 0.146 e. The second-order valence-electron chi connectivity index (χ2n) is 4.89. The van der Waals surface area contributed by atoms with Crippen molar-refractivity contribution in [2.75, 3.05) is 38.2 Å². The van der Waals surface area contributed by atoms with Crippen LogP contribution in [0.4, 0.5) is 5.82 Å². The van der Waals surface area contributed by atoms with Gasteiger partial charge in [-0.1, -0.05) is 0 Å². The molecule has 1 aromatic heterocycles. The Morgan fingerprint density at radius 3 is 3.17 bits per heavy atom. The van der Waals surface area contributed by atoms with Gasteiger partial charge >= 0.3 is 0 Å². The average Bonchev–Trinajstić information content (AvgIpc) is 2.40. The van der Waals surface area contributed by atoms with Crippen LogP contribution in [0.1, 0.15) is 6.42 Å². The summed E-state index contributed by atoms with van der Waals surface area (Å²) >= 11 is 3.52. The molecule has 0 bridgehead atoms. The zero-order chi connectivity index (χ0) is 12.5. The Bertz CT molecular complexity index is 430. The molecule has 98 valence electrons. The van der Waals surface area contributed by atoms with Crippen LogP contribution < -0.4 is 4.90 Å². The Balaban J connectivity index is 1.78. The number of halogens is 1. The largest absolute Gasteiger partial charge is 0.375 e. The van der Waals surface area contributed by atoms with Crippen molar-refractivity contribution in [3.8, 4) is 0 Å². The van der Waals surface area contributed by atoms with Crippen LogP contribution in [0.5, 0.6) is 0 Å². The number of rotatable bonds is 1. The van der Waals surface area contributed by atoms with E-state index in [4.69, 9.17) is 4.74 Å². The van der Waals surface area contributed by atoms with Crippen LogP contribution >= 0.6 is 15.9 Å². The lowest BCUT2D eigenvalue weighted by Gasteiger charge is -2.46. The lowest BCUT2D eigenvalue weighted by Crippen LogP contribution is -2.59. The van der Waals surface area contributed by atoms with Crippen molar-refractivity contribution < 1.29 is 4.74 Å². The number of piperidine rings is 1. The molecule has 2 fully saturated rings. The minimum atomic E-state index is 0.376. The SMILES string of the molecule is CN1CCO[C@@H]2CCN(c3ncncc3Br)C[C@@H]21. The highest BCUT2D eigenvalue weighted by atomic mass is 79.9. The van der Waals surface area contributed by atoms with Crippen LogP contribution in [0.3, 0.4) is 0 Å². The summed E-state index contributed by atoms with van der Waals surface area (Å²) in [7, 11) is 2.18. The third-order valence-electron chi connectivity index (χ3n) is 3.81. The quantitative estimate of drug-likeness (QED) is 0.778. The topological polar surface area (TPSA) is 41.5 Å². The summed E-state index contributed by atoms with van der Waals surface area (Å²) in [5.41, 5.74) is 0. The fourth-order valence-electron chi connectivity index (χ4n) is 2.77. The fraction of sp³-hybridized carbons (Fsp3) is 0.667. The van der Waals surface area contributed by atoms with Gasteiger partial charge in [0.15, 0.2) is 0 Å². The second-order valence-corrected chi connectivity index (χ2v) is 5.74. The van der Waals surface area contributed by atoms with Crippen LogP contribution in [0.25, 0.3) is 0 Å². The summed E-state index contributed by atoms with van der Waals surface area (Å²) in [6, 6.07) is 0.467. The third kappa shape index (κ3) is 2.24. The molecule has 3 heterocycles. The van der Waals surface area contributed by atoms with Gasteiger partial charge < -0.3 is 9.64 Å². The maximum Gasteiger partial charge on any atom is 0.146 e. The minimum Gasteiger partial charge on any atom is -0.375 e. The van der Waals surface area contributed by atoms with Crippen molar-refractivity contribution in [2.24, 2.45) is 0 Å². The van der Waals surface area contributed by atoms with E-state index in [1.165, 1.54) is 0 Å². The van der Waals surface area contributed by atoms with E-state index in [0.717, 1.165) is 43.0 Å². The highest BCUT2D eigenvalue weighted by Crippen LogP contribution is 2.28. The Labute approximate surface area is 115 Å². The zero-order valence-electron chi connectivity index (χ0n) is 10.4. The molecule has 0 unspecified atom stereocenters. The second kappa shape index (κ2) is 5.11. The summed E-state index contributed by atoms with van der Waals surface area (Å²) < 4.78 is 6.81. The molecule has 18 heavy (non-hydrogen) atoms. The molecule has 2 aliphatic heterocycles. The van der Waals surface area contributed by atoms with E-state index >= 15 is 0 Å². The molecule has 0 N–H and O–H groups in total. The van der Waals surface area contributed by atoms with Crippen molar-refractivity contribution in [3.05, 3.63) is 17.0 Å². The number of ether oxygens (including phenoxy) is 1. The van der Waals surface area contributed by atoms with Gasteiger partial charge in [0.25, 0.3) is 0 Å². The molecule has 0 amide bonds. The van der Waals surface area contributed by atoms with Crippen molar-refractivity contribution in [1.29, 1.82) is 0 Å². The van der Waals surface area contributed by atoms with Gasteiger partial charge in [0.05, 0.1) is 23.2 Å². The minimum absolute atomic E-state index is 0.376. The van der Waals surface area contributed by atoms with Gasteiger partial charge in [-0.25, -0.2) is 9.97 Å². The average molecular weight is 313 g/mol. The molecule has 0 saturated carbocycles. The molecule has 0 radical (unpaired) electrons. The van der Waals surface area contributed by atoms with E-state index in [-0.39, 0.29) is 0 Å². The van der Waals surface area contributed by atoms with Gasteiger partial charge in [0.2, 0.25) is 0 Å². The predicted octanol–water partition coefficient (Wildman–Crippen LogP) is 1.15. The molecular formula is C12H17BrN4O. The van der Waals surface area contributed by atoms with Gasteiger partial charge in [-0.15, -0.1) is 0 Å². The lowest BCUT2D eigenvalue weighted by atomic mass is 9.99. The summed E-state index contributed by atoms with van der Waals surface area (Å²) in [5.74, 6) is 0.988. The first-order valence-corrected chi connectivity index (χ1v) is 7.07. The number of anilines is 1. The van der Waals surface area contributed by atoms with Gasteiger partial charge in [0, 0.05) is 25.8 Å². The Morgan fingerprint density at radius 2 is 2.33 bits per heavy atom. The Kier molecular flexibility index (Phi) is 3.50. The van der Waals surface area contributed by atoms with Crippen LogP contribution in [-0.4, -0.2) is 60.3 Å². The van der Waals surface area contributed by atoms with Crippen LogP contribution in [0.2, 0.25) is 0 Å². The number of hydrogen-bond acceptors (Lipinski definition) is 5. The number of nitrogens with zero attached hydrogens (tertiary/aromatic N) is 4. The van der Waals surface area contributed by atoms with Gasteiger partial charge in [-0.2, -0.15) is 0 Å². The lowest BCUT2D eigenvalue weighted by molar-refractivity contribution is -0.0688. The molecule has 0 aromatic carbocycles. The first-order valence-electron chi connectivity index (χ1n) is 6.28. The van der Waals surface area contributed by atoms with Gasteiger partial charge in [-0.05, 0) is 29.4 Å². The Morgan fingerprint density at radius 1 is 1.44 bits per heavy atom. The van der Waals surface area contributed by atoms with Crippen molar-refractivity contribution in [2.45, 2.75) is 18.6 Å². The molecule has 2 atom stereocenters. The maximum absolute atomic E-state index is 5.85. The molecule has 2 saturated heterocycles.